The van der Waals surface area contributed by atoms with Crippen molar-refractivity contribution in [3.63, 3.8) is 0 Å². The molecule has 3 N–H and O–H groups in total. The first-order valence-electron chi connectivity index (χ1n) is 8.74. The van der Waals surface area contributed by atoms with Gasteiger partial charge in [-0.25, -0.2) is 4.39 Å². The number of primary amides is 1. The molecule has 0 radical (unpaired) electrons. The van der Waals surface area contributed by atoms with E-state index in [0.29, 0.717) is 13.1 Å². The van der Waals surface area contributed by atoms with Gasteiger partial charge in [0.15, 0.2) is 0 Å². The maximum Gasteiger partial charge on any atom is 0.236 e. The largest absolute Gasteiger partial charge is 0.369 e. The van der Waals surface area contributed by atoms with Crippen LogP contribution in [-0.2, 0) is 9.59 Å². The molecular weight excluding hydrogens is 321 g/mol. The van der Waals surface area contributed by atoms with E-state index in [0.717, 1.165) is 18.4 Å². The summed E-state index contributed by atoms with van der Waals surface area (Å²) in [6, 6.07) is 6.28. The molecule has 1 fully saturated rings. The second kappa shape index (κ2) is 7.95. The molecule has 1 aromatic carbocycles. The van der Waals surface area contributed by atoms with Gasteiger partial charge in [-0.05, 0) is 36.0 Å². The molecule has 2 atom stereocenters. The molecule has 2 amide bonds. The van der Waals surface area contributed by atoms with Gasteiger partial charge < -0.3 is 16.0 Å². The minimum absolute atomic E-state index is 0.0587. The summed E-state index contributed by atoms with van der Waals surface area (Å²) in [7, 11) is 0. The molecule has 0 aliphatic carbocycles. The highest BCUT2D eigenvalue weighted by Gasteiger charge is 2.30. The quantitative estimate of drug-likeness (QED) is 0.856. The van der Waals surface area contributed by atoms with Crippen LogP contribution in [0, 0.1) is 17.2 Å². The van der Waals surface area contributed by atoms with Crippen molar-refractivity contribution < 1.29 is 14.0 Å². The van der Waals surface area contributed by atoms with Crippen LogP contribution in [0.2, 0.25) is 0 Å². The predicted molar refractivity (Wildman–Crippen MR) is 95.1 cm³/mol. The summed E-state index contributed by atoms with van der Waals surface area (Å²) >= 11 is 0. The highest BCUT2D eigenvalue weighted by Crippen LogP contribution is 2.32. The average Bonchev–Trinajstić information content (AvgIpc) is 2.53. The van der Waals surface area contributed by atoms with E-state index in [-0.39, 0.29) is 41.6 Å². The molecule has 1 aromatic rings. The zero-order chi connectivity index (χ0) is 18.6. The lowest BCUT2D eigenvalue weighted by atomic mass is 9.82. The Morgan fingerprint density at radius 2 is 2.12 bits per heavy atom. The zero-order valence-electron chi connectivity index (χ0n) is 15.2. The number of benzene rings is 1. The SMILES string of the molecule is CC(C)(C)[C@@H](NCC(=O)N1CCC[C@@H](C(N)=O)C1)c1cccc(F)c1. The topological polar surface area (TPSA) is 75.4 Å². The summed E-state index contributed by atoms with van der Waals surface area (Å²) in [4.78, 5) is 25.6. The van der Waals surface area contributed by atoms with Crippen LogP contribution < -0.4 is 11.1 Å². The third-order valence-electron chi connectivity index (χ3n) is 4.68. The van der Waals surface area contributed by atoms with Gasteiger partial charge in [-0.1, -0.05) is 32.9 Å². The van der Waals surface area contributed by atoms with Gasteiger partial charge in [0.1, 0.15) is 5.82 Å². The third-order valence-corrected chi connectivity index (χ3v) is 4.68. The molecule has 0 bridgehead atoms. The predicted octanol–water partition coefficient (Wildman–Crippen LogP) is 2.23. The first-order chi connectivity index (χ1) is 11.7. The van der Waals surface area contributed by atoms with Gasteiger partial charge in [0.2, 0.25) is 11.8 Å². The summed E-state index contributed by atoms with van der Waals surface area (Å²) in [5, 5.41) is 3.27. The number of amides is 2. The molecule has 0 unspecified atom stereocenters. The van der Waals surface area contributed by atoms with Crippen LogP contribution in [0.15, 0.2) is 24.3 Å². The Hall–Kier alpha value is -1.95. The Kier molecular flexibility index (Phi) is 6.16. The molecule has 6 heteroatoms. The van der Waals surface area contributed by atoms with Gasteiger partial charge in [0.25, 0.3) is 0 Å². The lowest BCUT2D eigenvalue weighted by molar-refractivity contribution is -0.134. The number of halogens is 1. The Morgan fingerprint density at radius 3 is 2.72 bits per heavy atom. The van der Waals surface area contributed by atoms with E-state index in [1.54, 1.807) is 11.0 Å². The zero-order valence-corrected chi connectivity index (χ0v) is 15.2. The molecular formula is C19H28FN3O2. The summed E-state index contributed by atoms with van der Waals surface area (Å²) in [6.45, 7) is 7.31. The highest BCUT2D eigenvalue weighted by atomic mass is 19.1. The highest BCUT2D eigenvalue weighted by molar-refractivity contribution is 5.81. The fraction of sp³-hybridized carbons (Fsp3) is 0.579. The maximum atomic E-state index is 13.6. The van der Waals surface area contributed by atoms with Gasteiger partial charge in [-0.2, -0.15) is 0 Å². The molecule has 2 rings (SSSR count). The monoisotopic (exact) mass is 349 g/mol. The number of hydrogen-bond donors (Lipinski definition) is 2. The maximum absolute atomic E-state index is 13.6. The van der Waals surface area contributed by atoms with E-state index in [2.05, 4.69) is 5.32 Å². The molecule has 0 spiro atoms. The standard InChI is InChI=1S/C19H28FN3O2/c1-19(2,3)17(13-6-4-8-15(20)10-13)22-11-16(24)23-9-5-7-14(12-23)18(21)25/h4,6,8,10,14,17,22H,5,7,9,11-12H2,1-3H3,(H2,21,25)/t14-,17+/m1/s1. The first kappa shape index (κ1) is 19.4. The molecule has 1 aliphatic rings. The molecule has 0 saturated carbocycles. The number of nitrogens with one attached hydrogen (secondary N) is 1. The van der Waals surface area contributed by atoms with E-state index in [4.69, 9.17) is 5.73 Å². The summed E-state index contributed by atoms with van der Waals surface area (Å²) in [5.74, 6) is -0.964. The van der Waals surface area contributed by atoms with Gasteiger partial charge in [-0.3, -0.25) is 9.59 Å². The van der Waals surface area contributed by atoms with Crippen LogP contribution >= 0.6 is 0 Å². The van der Waals surface area contributed by atoms with Gasteiger partial charge in [0.05, 0.1) is 12.5 Å². The van der Waals surface area contributed by atoms with Crippen molar-refractivity contribution in [2.45, 2.75) is 39.7 Å². The van der Waals surface area contributed by atoms with Crippen molar-refractivity contribution in [3.05, 3.63) is 35.6 Å². The van der Waals surface area contributed by atoms with Gasteiger partial charge in [0, 0.05) is 19.1 Å². The first-order valence-corrected chi connectivity index (χ1v) is 8.74. The molecule has 1 heterocycles. The van der Waals surface area contributed by atoms with Gasteiger partial charge >= 0.3 is 0 Å². The van der Waals surface area contributed by atoms with Crippen molar-refractivity contribution in [2.24, 2.45) is 17.1 Å². The van der Waals surface area contributed by atoms with E-state index in [9.17, 15) is 14.0 Å². The average molecular weight is 349 g/mol. The van der Waals surface area contributed by atoms with Crippen molar-refractivity contribution in [1.82, 2.24) is 10.2 Å². The van der Waals surface area contributed by atoms with Crippen molar-refractivity contribution >= 4 is 11.8 Å². The number of hydrogen-bond acceptors (Lipinski definition) is 3. The van der Waals surface area contributed by atoms with Crippen LogP contribution in [0.4, 0.5) is 4.39 Å². The summed E-state index contributed by atoms with van der Waals surface area (Å²) in [5.41, 5.74) is 6.00. The normalized spacial score (nSPS) is 19.5. The summed E-state index contributed by atoms with van der Waals surface area (Å²) < 4.78 is 13.6. The number of likely N-dealkylation sites (tertiary alicyclic amines) is 1. The number of rotatable bonds is 5. The number of carbonyl (C=O) groups excluding carboxylic acids is 2. The van der Waals surface area contributed by atoms with E-state index in [1.807, 2.05) is 26.8 Å². The van der Waals surface area contributed by atoms with Crippen LogP contribution in [0.5, 0.6) is 0 Å². The number of piperidine rings is 1. The van der Waals surface area contributed by atoms with E-state index >= 15 is 0 Å². The Labute approximate surface area is 148 Å². The van der Waals surface area contributed by atoms with Crippen molar-refractivity contribution in [3.8, 4) is 0 Å². The number of carbonyl (C=O) groups is 2. The fourth-order valence-electron chi connectivity index (χ4n) is 3.35. The second-order valence-electron chi connectivity index (χ2n) is 7.82. The van der Waals surface area contributed by atoms with Gasteiger partial charge in [-0.15, -0.1) is 0 Å². The van der Waals surface area contributed by atoms with Crippen LogP contribution in [0.3, 0.4) is 0 Å². The second-order valence-corrected chi connectivity index (χ2v) is 7.82. The molecule has 1 aliphatic heterocycles. The fourth-order valence-corrected chi connectivity index (χ4v) is 3.35. The lowest BCUT2D eigenvalue weighted by Crippen LogP contribution is -2.48. The molecule has 1 saturated heterocycles. The Bertz CT molecular complexity index is 627. The Morgan fingerprint density at radius 1 is 1.40 bits per heavy atom. The number of nitrogens with two attached hydrogens (primary N) is 1. The minimum Gasteiger partial charge on any atom is -0.369 e. The smallest absolute Gasteiger partial charge is 0.236 e. The number of nitrogens with zero attached hydrogens (tertiary/aromatic N) is 1. The third kappa shape index (κ3) is 5.26. The van der Waals surface area contributed by atoms with Crippen LogP contribution in [0.1, 0.15) is 45.2 Å². The molecule has 5 nitrogen and oxygen atoms in total. The van der Waals surface area contributed by atoms with Crippen LogP contribution in [0.25, 0.3) is 0 Å². The van der Waals surface area contributed by atoms with Crippen molar-refractivity contribution in [1.29, 1.82) is 0 Å². The molecule has 0 aromatic heterocycles. The Balaban J connectivity index is 2.03. The molecule has 138 valence electrons. The van der Waals surface area contributed by atoms with Crippen molar-refractivity contribution in [2.75, 3.05) is 19.6 Å². The van der Waals surface area contributed by atoms with E-state index in [1.165, 1.54) is 12.1 Å². The van der Waals surface area contributed by atoms with Crippen LogP contribution in [-0.4, -0.2) is 36.3 Å². The van der Waals surface area contributed by atoms with E-state index < -0.39 is 0 Å². The molecule has 25 heavy (non-hydrogen) atoms. The minimum atomic E-state index is -0.349. The lowest BCUT2D eigenvalue weighted by Gasteiger charge is -2.34. The summed E-state index contributed by atoms with van der Waals surface area (Å²) in [6.07, 6.45) is 1.52.